The summed E-state index contributed by atoms with van der Waals surface area (Å²) in [5.41, 5.74) is 10.5. The Labute approximate surface area is 118 Å². The van der Waals surface area contributed by atoms with Gasteiger partial charge in [0.1, 0.15) is 5.75 Å². The summed E-state index contributed by atoms with van der Waals surface area (Å²) in [4.78, 5) is 0. The molecule has 0 heterocycles. The van der Waals surface area contributed by atoms with Crippen molar-refractivity contribution < 1.29 is 5.11 Å². The van der Waals surface area contributed by atoms with E-state index in [2.05, 4.69) is 6.07 Å². The molecule has 3 rings (SSSR count). The topological polar surface area (TPSA) is 46.2 Å². The van der Waals surface area contributed by atoms with Crippen molar-refractivity contribution >= 4 is 5.69 Å². The number of aromatic hydroxyl groups is 1. The molecule has 0 unspecified atom stereocenters. The van der Waals surface area contributed by atoms with E-state index in [4.69, 9.17) is 5.73 Å². The van der Waals surface area contributed by atoms with Gasteiger partial charge in [0.25, 0.3) is 0 Å². The summed E-state index contributed by atoms with van der Waals surface area (Å²) >= 11 is 0. The van der Waals surface area contributed by atoms with Gasteiger partial charge >= 0.3 is 0 Å². The minimum absolute atomic E-state index is 0.289. The van der Waals surface area contributed by atoms with E-state index in [1.54, 1.807) is 6.07 Å². The van der Waals surface area contributed by atoms with E-state index >= 15 is 0 Å². The van der Waals surface area contributed by atoms with Crippen molar-refractivity contribution in [3.63, 3.8) is 0 Å². The van der Waals surface area contributed by atoms with Gasteiger partial charge in [-0.3, -0.25) is 0 Å². The molecule has 98 valence electrons. The first-order chi connectivity index (χ1) is 9.74. The quantitative estimate of drug-likeness (QED) is 0.675. The van der Waals surface area contributed by atoms with Gasteiger partial charge < -0.3 is 10.8 Å². The van der Waals surface area contributed by atoms with E-state index in [9.17, 15) is 5.11 Å². The highest BCUT2D eigenvalue weighted by atomic mass is 16.3. The van der Waals surface area contributed by atoms with Gasteiger partial charge in [0.05, 0.1) is 0 Å². The van der Waals surface area contributed by atoms with Crippen LogP contribution in [0.25, 0.3) is 22.3 Å². The lowest BCUT2D eigenvalue weighted by atomic mass is 9.98. The summed E-state index contributed by atoms with van der Waals surface area (Å²) in [6.45, 7) is 0. The molecule has 0 fully saturated rings. The molecular weight excluding hydrogens is 246 g/mol. The van der Waals surface area contributed by atoms with Crippen LogP contribution in [0.1, 0.15) is 0 Å². The van der Waals surface area contributed by atoms with Crippen molar-refractivity contribution in [3.05, 3.63) is 72.8 Å². The SMILES string of the molecule is Nc1cccc(-c2cccc(-c3ccccc3O)c2)c1. The number of nitrogen functional groups attached to an aromatic ring is 1. The Morgan fingerprint density at radius 1 is 0.650 bits per heavy atom. The predicted octanol–water partition coefficient (Wildman–Crippen LogP) is 4.31. The molecule has 0 spiro atoms. The normalized spacial score (nSPS) is 10.4. The molecular formula is C18H15NO. The number of benzene rings is 3. The molecule has 0 bridgehead atoms. The van der Waals surface area contributed by atoms with Crippen LogP contribution in [0.2, 0.25) is 0 Å². The van der Waals surface area contributed by atoms with Crippen LogP contribution in [-0.2, 0) is 0 Å². The van der Waals surface area contributed by atoms with Gasteiger partial charge in [-0.1, -0.05) is 48.5 Å². The lowest BCUT2D eigenvalue weighted by Gasteiger charge is -2.08. The third-order valence-electron chi connectivity index (χ3n) is 3.30. The molecule has 0 saturated heterocycles. The molecule has 2 heteroatoms. The van der Waals surface area contributed by atoms with Crippen molar-refractivity contribution in [3.8, 4) is 28.0 Å². The molecule has 0 aliphatic carbocycles. The second-order valence-corrected chi connectivity index (χ2v) is 4.72. The van der Waals surface area contributed by atoms with Crippen molar-refractivity contribution in [1.82, 2.24) is 0 Å². The van der Waals surface area contributed by atoms with Crippen molar-refractivity contribution in [2.24, 2.45) is 0 Å². The molecule has 3 N–H and O–H groups in total. The Hall–Kier alpha value is -2.74. The standard InChI is InChI=1S/C18H15NO/c19-16-8-4-6-14(12-16)13-5-3-7-15(11-13)17-9-1-2-10-18(17)20/h1-12,20H,19H2. The number of nitrogens with two attached hydrogens (primary N) is 1. The zero-order chi connectivity index (χ0) is 13.9. The number of hydrogen-bond donors (Lipinski definition) is 2. The predicted molar refractivity (Wildman–Crippen MR) is 83.4 cm³/mol. The number of phenols is 1. The molecule has 0 amide bonds. The van der Waals surface area contributed by atoms with Gasteiger partial charge in [-0.2, -0.15) is 0 Å². The number of para-hydroxylation sites is 1. The van der Waals surface area contributed by atoms with Crippen LogP contribution < -0.4 is 5.73 Å². The first kappa shape index (κ1) is 12.3. The summed E-state index contributed by atoms with van der Waals surface area (Å²) in [6.07, 6.45) is 0. The Morgan fingerprint density at radius 3 is 2.05 bits per heavy atom. The van der Waals surface area contributed by atoms with Gasteiger partial charge in [-0.15, -0.1) is 0 Å². The summed E-state index contributed by atoms with van der Waals surface area (Å²) in [6, 6.07) is 23.2. The fourth-order valence-corrected chi connectivity index (χ4v) is 2.30. The van der Waals surface area contributed by atoms with E-state index in [-0.39, 0.29) is 5.75 Å². The minimum atomic E-state index is 0.289. The van der Waals surface area contributed by atoms with Gasteiger partial charge in [0.15, 0.2) is 0 Å². The summed E-state index contributed by atoms with van der Waals surface area (Å²) in [5, 5.41) is 9.95. The van der Waals surface area contributed by atoms with Crippen molar-refractivity contribution in [1.29, 1.82) is 0 Å². The highest BCUT2D eigenvalue weighted by Crippen LogP contribution is 2.31. The summed E-state index contributed by atoms with van der Waals surface area (Å²) < 4.78 is 0. The largest absolute Gasteiger partial charge is 0.507 e. The average molecular weight is 261 g/mol. The maximum absolute atomic E-state index is 9.95. The molecule has 3 aromatic rings. The van der Waals surface area contributed by atoms with Gasteiger partial charge in [0, 0.05) is 11.3 Å². The Kier molecular flexibility index (Phi) is 3.13. The van der Waals surface area contributed by atoms with Gasteiger partial charge in [0.2, 0.25) is 0 Å². The van der Waals surface area contributed by atoms with Crippen LogP contribution in [0.4, 0.5) is 5.69 Å². The second kappa shape index (κ2) is 5.10. The molecule has 0 radical (unpaired) electrons. The molecule has 0 aliphatic rings. The van der Waals surface area contributed by atoms with Crippen molar-refractivity contribution in [2.75, 3.05) is 5.73 Å². The number of rotatable bonds is 2. The minimum Gasteiger partial charge on any atom is -0.507 e. The fraction of sp³-hybridized carbons (Fsp3) is 0. The first-order valence-electron chi connectivity index (χ1n) is 6.48. The monoisotopic (exact) mass is 261 g/mol. The molecule has 2 nitrogen and oxygen atoms in total. The van der Waals surface area contributed by atoms with E-state index in [0.717, 1.165) is 27.9 Å². The maximum atomic E-state index is 9.95. The number of hydrogen-bond acceptors (Lipinski definition) is 2. The Morgan fingerprint density at radius 2 is 1.30 bits per heavy atom. The lowest BCUT2D eigenvalue weighted by Crippen LogP contribution is -1.86. The third kappa shape index (κ3) is 2.36. The lowest BCUT2D eigenvalue weighted by molar-refractivity contribution is 0.477. The van der Waals surface area contributed by atoms with Crippen LogP contribution in [0.5, 0.6) is 5.75 Å². The highest BCUT2D eigenvalue weighted by Gasteiger charge is 2.05. The van der Waals surface area contributed by atoms with Crippen molar-refractivity contribution in [2.45, 2.75) is 0 Å². The zero-order valence-electron chi connectivity index (χ0n) is 11.0. The van der Waals surface area contributed by atoms with E-state index in [0.29, 0.717) is 0 Å². The average Bonchev–Trinajstić information content (AvgIpc) is 2.48. The first-order valence-corrected chi connectivity index (χ1v) is 6.48. The van der Waals surface area contributed by atoms with Crippen LogP contribution in [0.3, 0.4) is 0 Å². The highest BCUT2D eigenvalue weighted by molar-refractivity contribution is 5.77. The number of phenolic OH excluding ortho intramolecular Hbond substituents is 1. The summed E-state index contributed by atoms with van der Waals surface area (Å²) in [5.74, 6) is 0.289. The Balaban J connectivity index is 2.09. The van der Waals surface area contributed by atoms with E-state index in [1.165, 1.54) is 0 Å². The van der Waals surface area contributed by atoms with Crippen LogP contribution >= 0.6 is 0 Å². The van der Waals surface area contributed by atoms with Gasteiger partial charge in [-0.05, 0) is 41.0 Å². The zero-order valence-corrected chi connectivity index (χ0v) is 11.0. The molecule has 20 heavy (non-hydrogen) atoms. The van der Waals surface area contributed by atoms with E-state index < -0.39 is 0 Å². The van der Waals surface area contributed by atoms with Gasteiger partial charge in [-0.25, -0.2) is 0 Å². The second-order valence-electron chi connectivity index (χ2n) is 4.72. The molecule has 0 aliphatic heterocycles. The maximum Gasteiger partial charge on any atom is 0.123 e. The summed E-state index contributed by atoms with van der Waals surface area (Å²) in [7, 11) is 0. The Bertz CT molecular complexity index is 750. The van der Waals surface area contributed by atoms with E-state index in [1.807, 2.05) is 60.7 Å². The molecule has 0 saturated carbocycles. The smallest absolute Gasteiger partial charge is 0.123 e. The molecule has 0 aromatic heterocycles. The number of anilines is 1. The molecule has 3 aromatic carbocycles. The van der Waals surface area contributed by atoms with Crippen LogP contribution in [0.15, 0.2) is 72.8 Å². The van der Waals surface area contributed by atoms with Crippen LogP contribution in [-0.4, -0.2) is 5.11 Å². The molecule has 0 atom stereocenters. The van der Waals surface area contributed by atoms with Crippen LogP contribution in [0, 0.1) is 0 Å². The fourth-order valence-electron chi connectivity index (χ4n) is 2.30. The third-order valence-corrected chi connectivity index (χ3v) is 3.30.